The molecular formula is C11H19N3O2S. The molecule has 2 rings (SSSR count). The number of sulfonamides is 1. The molecule has 0 bridgehead atoms. The van der Waals surface area contributed by atoms with E-state index in [1.54, 1.807) is 0 Å². The highest BCUT2D eigenvalue weighted by atomic mass is 32.2. The average Bonchev–Trinajstić information content (AvgIpc) is 2.66. The Hall–Kier alpha value is -0.880. The maximum atomic E-state index is 12.1. The largest absolute Gasteiger partial charge is 0.331 e. The van der Waals surface area contributed by atoms with Crippen LogP contribution in [0.15, 0.2) is 5.03 Å². The van der Waals surface area contributed by atoms with Gasteiger partial charge in [-0.2, -0.15) is 0 Å². The summed E-state index contributed by atoms with van der Waals surface area (Å²) in [7, 11) is -3.42. The molecule has 5 nitrogen and oxygen atoms in total. The van der Waals surface area contributed by atoms with E-state index in [4.69, 9.17) is 0 Å². The number of imidazole rings is 1. The summed E-state index contributed by atoms with van der Waals surface area (Å²) in [5.74, 6) is 0.802. The van der Waals surface area contributed by atoms with Gasteiger partial charge in [0.1, 0.15) is 5.82 Å². The zero-order valence-corrected chi connectivity index (χ0v) is 11.2. The topological polar surface area (TPSA) is 64.0 Å². The molecule has 1 aromatic rings. The van der Waals surface area contributed by atoms with Crippen molar-refractivity contribution in [1.29, 1.82) is 0 Å². The fourth-order valence-electron chi connectivity index (χ4n) is 2.20. The Labute approximate surface area is 102 Å². The van der Waals surface area contributed by atoms with E-state index in [-0.39, 0.29) is 5.03 Å². The maximum absolute atomic E-state index is 12.1. The first-order valence-electron chi connectivity index (χ1n) is 6.12. The molecule has 0 aliphatic carbocycles. The Bertz CT molecular complexity index is 505. The van der Waals surface area contributed by atoms with Gasteiger partial charge in [-0.3, -0.25) is 0 Å². The SMILES string of the molecule is CCCNS(=O)(=O)c1nc(C)n2c1CCCC2. The van der Waals surface area contributed by atoms with Crippen molar-refractivity contribution in [3.8, 4) is 0 Å². The number of nitrogens with zero attached hydrogens (tertiary/aromatic N) is 2. The molecule has 0 aromatic carbocycles. The maximum Gasteiger partial charge on any atom is 0.259 e. The summed E-state index contributed by atoms with van der Waals surface area (Å²) in [4.78, 5) is 4.23. The predicted octanol–water partition coefficient (Wildman–Crippen LogP) is 1.22. The van der Waals surface area contributed by atoms with Crippen LogP contribution in [0.1, 0.15) is 37.7 Å². The first kappa shape index (κ1) is 12.6. The molecule has 0 spiro atoms. The monoisotopic (exact) mass is 257 g/mol. The Kier molecular flexibility index (Phi) is 3.53. The Balaban J connectivity index is 2.39. The standard InChI is InChI=1S/C11H19N3O2S/c1-3-7-12-17(15,16)11-10-6-4-5-8-14(10)9(2)13-11/h12H,3-8H2,1-2H3. The predicted molar refractivity (Wildman–Crippen MR) is 65.4 cm³/mol. The molecular weight excluding hydrogens is 238 g/mol. The number of aryl methyl sites for hydroxylation is 1. The van der Waals surface area contributed by atoms with Gasteiger partial charge in [-0.1, -0.05) is 6.92 Å². The molecule has 0 unspecified atom stereocenters. The molecule has 0 saturated carbocycles. The van der Waals surface area contributed by atoms with Crippen LogP contribution >= 0.6 is 0 Å². The van der Waals surface area contributed by atoms with Crippen LogP contribution in [0.2, 0.25) is 0 Å². The van der Waals surface area contributed by atoms with Gasteiger partial charge in [0.05, 0.1) is 5.69 Å². The molecule has 96 valence electrons. The zero-order chi connectivity index (χ0) is 12.5. The number of rotatable bonds is 4. The number of hydrogen-bond acceptors (Lipinski definition) is 3. The van der Waals surface area contributed by atoms with Crippen LogP contribution in [0.5, 0.6) is 0 Å². The van der Waals surface area contributed by atoms with Crippen molar-refractivity contribution in [2.24, 2.45) is 0 Å². The molecule has 6 heteroatoms. The van der Waals surface area contributed by atoms with Crippen molar-refractivity contribution in [3.63, 3.8) is 0 Å². The van der Waals surface area contributed by atoms with Gasteiger partial charge in [0.15, 0.2) is 5.03 Å². The third-order valence-electron chi connectivity index (χ3n) is 3.07. The minimum absolute atomic E-state index is 0.239. The average molecular weight is 257 g/mol. The third kappa shape index (κ3) is 2.37. The fraction of sp³-hybridized carbons (Fsp3) is 0.727. The molecule has 1 aromatic heterocycles. The number of hydrogen-bond donors (Lipinski definition) is 1. The van der Waals surface area contributed by atoms with Crippen molar-refractivity contribution >= 4 is 10.0 Å². The van der Waals surface area contributed by atoms with Crippen LogP contribution in [0.25, 0.3) is 0 Å². The summed E-state index contributed by atoms with van der Waals surface area (Å²) < 4.78 is 28.8. The second-order valence-electron chi connectivity index (χ2n) is 4.42. The van der Waals surface area contributed by atoms with E-state index in [1.807, 2.05) is 18.4 Å². The molecule has 17 heavy (non-hydrogen) atoms. The van der Waals surface area contributed by atoms with Gasteiger partial charge in [0.25, 0.3) is 10.0 Å². The van der Waals surface area contributed by atoms with E-state index >= 15 is 0 Å². The summed E-state index contributed by atoms with van der Waals surface area (Å²) in [6.07, 6.45) is 3.74. The lowest BCUT2D eigenvalue weighted by Crippen LogP contribution is -2.26. The van der Waals surface area contributed by atoms with E-state index in [2.05, 4.69) is 9.71 Å². The van der Waals surface area contributed by atoms with Crippen molar-refractivity contribution in [3.05, 3.63) is 11.5 Å². The normalized spacial score (nSPS) is 15.9. The van der Waals surface area contributed by atoms with Gasteiger partial charge in [-0.15, -0.1) is 0 Å². The first-order valence-corrected chi connectivity index (χ1v) is 7.60. The smallest absolute Gasteiger partial charge is 0.259 e. The highest BCUT2D eigenvalue weighted by molar-refractivity contribution is 7.89. The van der Waals surface area contributed by atoms with E-state index in [0.717, 1.165) is 43.7 Å². The Morgan fingerprint density at radius 2 is 2.18 bits per heavy atom. The summed E-state index contributed by atoms with van der Waals surface area (Å²) in [6, 6.07) is 0. The van der Waals surface area contributed by atoms with Crippen molar-refractivity contribution < 1.29 is 8.42 Å². The van der Waals surface area contributed by atoms with Gasteiger partial charge in [0.2, 0.25) is 0 Å². The molecule has 1 N–H and O–H groups in total. The summed E-state index contributed by atoms with van der Waals surface area (Å²) in [6.45, 7) is 5.16. The zero-order valence-electron chi connectivity index (χ0n) is 10.4. The number of aromatic nitrogens is 2. The van der Waals surface area contributed by atoms with Crippen molar-refractivity contribution in [1.82, 2.24) is 14.3 Å². The second-order valence-corrected chi connectivity index (χ2v) is 6.10. The summed E-state index contributed by atoms with van der Waals surface area (Å²) in [5.41, 5.74) is 0.873. The quantitative estimate of drug-likeness (QED) is 0.882. The minimum atomic E-state index is -3.42. The van der Waals surface area contributed by atoms with Crippen molar-refractivity contribution in [2.75, 3.05) is 6.54 Å². The highest BCUT2D eigenvalue weighted by Gasteiger charge is 2.26. The van der Waals surface area contributed by atoms with Crippen molar-refractivity contribution in [2.45, 2.75) is 51.1 Å². The van der Waals surface area contributed by atoms with Gasteiger partial charge in [0, 0.05) is 13.1 Å². The molecule has 2 heterocycles. The molecule has 0 fully saturated rings. The van der Waals surface area contributed by atoms with Gasteiger partial charge >= 0.3 is 0 Å². The number of fused-ring (bicyclic) bond motifs is 1. The molecule has 0 atom stereocenters. The lowest BCUT2D eigenvalue weighted by atomic mass is 10.1. The number of nitrogens with one attached hydrogen (secondary N) is 1. The third-order valence-corrected chi connectivity index (χ3v) is 4.49. The van der Waals surface area contributed by atoms with Gasteiger partial charge < -0.3 is 4.57 Å². The summed E-state index contributed by atoms with van der Waals surface area (Å²) in [5, 5.41) is 0.239. The molecule has 1 aliphatic heterocycles. The lowest BCUT2D eigenvalue weighted by Gasteiger charge is -2.16. The van der Waals surface area contributed by atoms with Crippen LogP contribution in [-0.2, 0) is 23.0 Å². The van der Waals surface area contributed by atoms with Gasteiger partial charge in [-0.05, 0) is 32.6 Å². The molecule has 0 amide bonds. The van der Waals surface area contributed by atoms with E-state index in [1.165, 1.54) is 0 Å². The van der Waals surface area contributed by atoms with E-state index < -0.39 is 10.0 Å². The fourth-order valence-corrected chi connectivity index (χ4v) is 3.59. The van der Waals surface area contributed by atoms with Crippen LogP contribution in [0.4, 0.5) is 0 Å². The highest BCUT2D eigenvalue weighted by Crippen LogP contribution is 2.23. The molecule has 1 aliphatic rings. The summed E-state index contributed by atoms with van der Waals surface area (Å²) >= 11 is 0. The first-order chi connectivity index (χ1) is 8.06. The molecule has 0 radical (unpaired) electrons. The second kappa shape index (κ2) is 4.78. The Morgan fingerprint density at radius 3 is 2.88 bits per heavy atom. The lowest BCUT2D eigenvalue weighted by molar-refractivity contribution is 0.514. The van der Waals surface area contributed by atoms with Gasteiger partial charge in [-0.25, -0.2) is 18.1 Å². The van der Waals surface area contributed by atoms with Crippen LogP contribution in [0, 0.1) is 6.92 Å². The Morgan fingerprint density at radius 1 is 1.41 bits per heavy atom. The van der Waals surface area contributed by atoms with Crippen LogP contribution in [-0.4, -0.2) is 24.5 Å². The molecule has 0 saturated heterocycles. The van der Waals surface area contributed by atoms with Crippen LogP contribution < -0.4 is 4.72 Å². The van der Waals surface area contributed by atoms with E-state index in [9.17, 15) is 8.42 Å². The van der Waals surface area contributed by atoms with Crippen LogP contribution in [0.3, 0.4) is 0 Å². The van der Waals surface area contributed by atoms with E-state index in [0.29, 0.717) is 6.54 Å². The minimum Gasteiger partial charge on any atom is -0.331 e.